The molecule has 1 amide bonds. The average Bonchev–Trinajstić information content (AvgIpc) is 4.07. The van der Waals surface area contributed by atoms with Crippen LogP contribution < -0.4 is 4.74 Å². The zero-order valence-electron chi connectivity index (χ0n) is 29.4. The lowest BCUT2D eigenvalue weighted by molar-refractivity contribution is -0.137. The molecule has 0 aromatic heterocycles. The van der Waals surface area contributed by atoms with Crippen LogP contribution in [0.2, 0.25) is 0 Å². The summed E-state index contributed by atoms with van der Waals surface area (Å²) in [7, 11) is 5.27. The number of hydrogen-bond acceptors (Lipinski definition) is 6. The van der Waals surface area contributed by atoms with E-state index in [2.05, 4.69) is 47.4 Å². The Balaban J connectivity index is 0.00000179. The second kappa shape index (κ2) is 13.7. The third kappa shape index (κ3) is 6.04. The van der Waals surface area contributed by atoms with Crippen molar-refractivity contribution in [2.75, 3.05) is 27.9 Å². The van der Waals surface area contributed by atoms with E-state index in [1.165, 1.54) is 41.5 Å². The topological polar surface area (TPSA) is 60.4 Å². The highest BCUT2D eigenvalue weighted by molar-refractivity contribution is 8.13. The highest BCUT2D eigenvalue weighted by Crippen LogP contribution is 2.63. The van der Waals surface area contributed by atoms with E-state index in [9.17, 15) is 0 Å². The molecule has 3 unspecified atom stereocenters. The van der Waals surface area contributed by atoms with Crippen LogP contribution in [0.4, 0.5) is 0 Å². The van der Waals surface area contributed by atoms with Gasteiger partial charge in [-0.25, -0.2) is 4.99 Å². The maximum Gasteiger partial charge on any atom is 0.262 e. The summed E-state index contributed by atoms with van der Waals surface area (Å²) < 4.78 is 17.1. The first-order chi connectivity index (χ1) is 23.4. The van der Waals surface area contributed by atoms with E-state index in [4.69, 9.17) is 19.2 Å². The molecule has 256 valence electrons. The number of benzene rings is 2. The number of amidine groups is 1. The molecule has 2 spiro atoms. The van der Waals surface area contributed by atoms with E-state index >= 15 is 4.79 Å². The van der Waals surface area contributed by atoms with Gasteiger partial charge in [-0.15, -0.1) is 0 Å². The van der Waals surface area contributed by atoms with Gasteiger partial charge in [0.05, 0.1) is 20.3 Å². The number of ether oxygens (including phenoxy) is 3. The fraction of sp³-hybridized carbons (Fsp3) is 0.561. The smallest absolute Gasteiger partial charge is 0.262 e. The molecule has 0 radical (unpaired) electrons. The molecular weight excluding hydrogens is 617 g/mol. The van der Waals surface area contributed by atoms with Crippen LogP contribution in [0.3, 0.4) is 0 Å². The Labute approximate surface area is 291 Å². The number of hydrogen-bond donors (Lipinski definition) is 0. The molecule has 8 rings (SSSR count). The summed E-state index contributed by atoms with van der Waals surface area (Å²) >= 11 is 1.69. The van der Waals surface area contributed by atoms with Crippen LogP contribution in [0.25, 0.3) is 0 Å². The van der Waals surface area contributed by atoms with Crippen LogP contribution in [0, 0.1) is 23.2 Å². The SMILES string of the molecule is CC.COC1=CC2CC2C(CN2C(=O)C3(N=C2SCc2cccc(OC)c2)c2cc(CCC4CC4)ccc2CC32CCC(OC)CC2)=C1. The summed E-state index contributed by atoms with van der Waals surface area (Å²) in [6, 6.07) is 15.3. The summed E-state index contributed by atoms with van der Waals surface area (Å²) in [5, 5.41) is 0.851. The van der Waals surface area contributed by atoms with Gasteiger partial charge < -0.3 is 14.2 Å². The molecule has 6 nitrogen and oxygen atoms in total. The first kappa shape index (κ1) is 33.5. The highest BCUT2D eigenvalue weighted by atomic mass is 32.2. The van der Waals surface area contributed by atoms with Crippen molar-refractivity contribution in [3.05, 3.63) is 88.2 Å². The Morgan fingerprint density at radius 3 is 2.52 bits per heavy atom. The van der Waals surface area contributed by atoms with Crippen molar-refractivity contribution in [1.82, 2.24) is 4.90 Å². The van der Waals surface area contributed by atoms with Crippen molar-refractivity contribution in [1.29, 1.82) is 0 Å². The average molecular weight is 669 g/mol. The van der Waals surface area contributed by atoms with Crippen molar-refractivity contribution in [3.63, 3.8) is 0 Å². The van der Waals surface area contributed by atoms with Crippen LogP contribution in [0.5, 0.6) is 5.75 Å². The number of fused-ring (bicyclic) bond motifs is 4. The van der Waals surface area contributed by atoms with E-state index in [-0.39, 0.29) is 17.4 Å². The first-order valence-electron chi connectivity index (χ1n) is 18.2. The quantitative estimate of drug-likeness (QED) is 0.254. The minimum absolute atomic E-state index is 0.168. The predicted molar refractivity (Wildman–Crippen MR) is 194 cm³/mol. The van der Waals surface area contributed by atoms with Gasteiger partial charge in [0.15, 0.2) is 10.7 Å². The lowest BCUT2D eigenvalue weighted by atomic mass is 9.61. The third-order valence-electron chi connectivity index (χ3n) is 11.8. The summed E-state index contributed by atoms with van der Waals surface area (Å²) in [4.78, 5) is 23.2. The van der Waals surface area contributed by atoms with E-state index in [0.29, 0.717) is 18.4 Å². The number of amides is 1. The first-order valence-corrected chi connectivity index (χ1v) is 19.2. The van der Waals surface area contributed by atoms with E-state index in [0.717, 1.165) is 78.9 Å². The Morgan fingerprint density at radius 2 is 1.79 bits per heavy atom. The molecule has 1 aliphatic heterocycles. The van der Waals surface area contributed by atoms with Gasteiger partial charge in [0.1, 0.15) is 11.5 Å². The van der Waals surface area contributed by atoms with Crippen LogP contribution in [0.1, 0.15) is 87.5 Å². The molecule has 6 aliphatic rings. The highest BCUT2D eigenvalue weighted by Gasteiger charge is 2.67. The number of methoxy groups -OCH3 is 3. The van der Waals surface area contributed by atoms with Crippen LogP contribution >= 0.6 is 11.8 Å². The third-order valence-corrected chi connectivity index (χ3v) is 12.8. The lowest BCUT2D eigenvalue weighted by Gasteiger charge is -2.45. The summed E-state index contributed by atoms with van der Waals surface area (Å²) in [5.74, 6) is 4.53. The Kier molecular flexibility index (Phi) is 9.55. The normalized spacial score (nSPS) is 29.9. The number of thioether (sulfide) groups is 1. The molecule has 0 N–H and O–H groups in total. The van der Waals surface area contributed by atoms with Crippen molar-refractivity contribution < 1.29 is 19.0 Å². The Bertz CT molecular complexity index is 1620. The molecule has 1 heterocycles. The van der Waals surface area contributed by atoms with Gasteiger partial charge in [0.25, 0.3) is 5.91 Å². The maximum absolute atomic E-state index is 15.4. The molecule has 0 bridgehead atoms. The lowest BCUT2D eigenvalue weighted by Crippen LogP contribution is -2.52. The van der Waals surface area contributed by atoms with E-state index in [1.807, 2.05) is 33.1 Å². The van der Waals surface area contributed by atoms with Crippen molar-refractivity contribution >= 4 is 22.8 Å². The Hall–Kier alpha value is -3.03. The summed E-state index contributed by atoms with van der Waals surface area (Å²) in [6.45, 7) is 4.57. The number of allylic oxidation sites excluding steroid dienone is 2. The molecular formula is C41H52N2O4S. The zero-order chi connectivity index (χ0) is 33.5. The maximum atomic E-state index is 15.4. The summed E-state index contributed by atoms with van der Waals surface area (Å²) in [5.41, 5.74) is 5.14. The second-order valence-electron chi connectivity index (χ2n) is 14.5. The van der Waals surface area contributed by atoms with E-state index < -0.39 is 5.54 Å². The summed E-state index contributed by atoms with van der Waals surface area (Å²) in [6.07, 6.45) is 15.6. The second-order valence-corrected chi connectivity index (χ2v) is 15.4. The molecule has 3 atom stereocenters. The molecule has 48 heavy (non-hydrogen) atoms. The van der Waals surface area contributed by atoms with Gasteiger partial charge in [0, 0.05) is 24.8 Å². The van der Waals surface area contributed by atoms with Crippen molar-refractivity contribution in [2.24, 2.45) is 28.2 Å². The number of aliphatic imine (C=N–C) groups is 1. The molecule has 3 saturated carbocycles. The van der Waals surface area contributed by atoms with Gasteiger partial charge in [0.2, 0.25) is 0 Å². The van der Waals surface area contributed by atoms with Crippen LogP contribution in [-0.4, -0.2) is 50.0 Å². The number of carbonyl (C=O) groups is 1. The Morgan fingerprint density at radius 1 is 0.979 bits per heavy atom. The molecule has 2 aromatic carbocycles. The minimum Gasteiger partial charge on any atom is -0.497 e. The fourth-order valence-corrected chi connectivity index (χ4v) is 9.78. The number of carbonyl (C=O) groups excluding carboxylic acids is 1. The van der Waals surface area contributed by atoms with E-state index in [1.54, 1.807) is 26.0 Å². The number of nitrogens with zero attached hydrogens (tertiary/aromatic N) is 2. The van der Waals surface area contributed by atoms with Crippen molar-refractivity contribution in [3.8, 4) is 5.75 Å². The predicted octanol–water partition coefficient (Wildman–Crippen LogP) is 8.63. The molecule has 7 heteroatoms. The number of rotatable bonds is 10. The zero-order valence-corrected chi connectivity index (χ0v) is 30.2. The van der Waals surface area contributed by atoms with Gasteiger partial charge in [-0.3, -0.25) is 9.69 Å². The number of aryl methyl sites for hydroxylation is 1. The monoisotopic (exact) mass is 668 g/mol. The fourth-order valence-electron chi connectivity index (χ4n) is 8.80. The van der Waals surface area contributed by atoms with Crippen molar-refractivity contribution in [2.45, 2.75) is 95.5 Å². The minimum atomic E-state index is -0.897. The van der Waals surface area contributed by atoms with Crippen LogP contribution in [0.15, 0.2) is 70.9 Å². The standard InChI is InChI=1S/C39H46N2O4S.C2H6/c1-43-31-13-15-38(16-14-31)22-28-12-11-26(10-9-25-7-8-25)18-35(28)39(38)36(42)41(23-30-20-33(45-3)19-29-21-34(29)30)37(40-39)46-24-27-5-4-6-32(17-27)44-2;1-2/h4-6,11-12,17-20,25,29,31,34H,7-10,13-16,21-24H2,1-3H3;1-2H3. The largest absolute Gasteiger partial charge is 0.497 e. The molecule has 2 aromatic rings. The van der Waals surface area contributed by atoms with Gasteiger partial charge in [-0.1, -0.05) is 68.8 Å². The van der Waals surface area contributed by atoms with Gasteiger partial charge >= 0.3 is 0 Å². The molecule has 5 aliphatic carbocycles. The van der Waals surface area contributed by atoms with Gasteiger partial charge in [-0.2, -0.15) is 0 Å². The van der Waals surface area contributed by atoms with Gasteiger partial charge in [-0.05, 0) is 121 Å². The van der Waals surface area contributed by atoms with Crippen LogP contribution in [-0.2, 0) is 38.4 Å². The molecule has 3 fully saturated rings. The molecule has 0 saturated heterocycles.